The van der Waals surface area contributed by atoms with Crippen molar-refractivity contribution in [2.75, 3.05) is 42.8 Å². The molecule has 0 fully saturated rings. The van der Waals surface area contributed by atoms with Crippen molar-refractivity contribution in [1.82, 2.24) is 54.8 Å². The van der Waals surface area contributed by atoms with E-state index < -0.39 is 0 Å². The number of para-hydroxylation sites is 11. The Balaban J connectivity index is 0.000000143. The van der Waals surface area contributed by atoms with E-state index in [4.69, 9.17) is 18.9 Å². The van der Waals surface area contributed by atoms with E-state index in [0.717, 1.165) is 131 Å². The van der Waals surface area contributed by atoms with E-state index in [2.05, 4.69) is 303 Å². The zero-order valence-electron chi connectivity index (χ0n) is 85.5. The van der Waals surface area contributed by atoms with Crippen LogP contribution < -0.4 is 18.9 Å². The van der Waals surface area contributed by atoms with Crippen molar-refractivity contribution < 1.29 is 18.9 Å². The van der Waals surface area contributed by atoms with E-state index >= 15 is 0 Å². The minimum atomic E-state index is 0.195. The number of aromatic nitrogens is 11. The normalized spacial score (nSPS) is 11.2. The van der Waals surface area contributed by atoms with Crippen molar-refractivity contribution >= 4 is 319 Å². The maximum Gasteiger partial charge on any atom is 0.274 e. The Kier molecular flexibility index (Phi) is 50.5. The Hall–Kier alpha value is -8.14. The van der Waals surface area contributed by atoms with Gasteiger partial charge < -0.3 is 18.9 Å². The van der Waals surface area contributed by atoms with Gasteiger partial charge in [0.05, 0.1) is 138 Å². The molecule has 15 nitrogen and oxygen atoms in total. The molecule has 0 N–H and O–H groups in total. The Morgan fingerprint density at radius 1 is 0.267 bits per heavy atom. The molecule has 1 atom stereocenters. The first-order valence-electron chi connectivity index (χ1n) is 49.0. The first-order chi connectivity index (χ1) is 71.0. The van der Waals surface area contributed by atoms with Crippen LogP contribution in [0.1, 0.15) is 163 Å². The van der Waals surface area contributed by atoms with Gasteiger partial charge in [-0.1, -0.05) is 371 Å². The standard InChI is InChI=1S/C11H13NOS.4C11H13NS2.2C10H11NOS.2C10H11NS2.C9H9NOS.C9H9NS2/c1-2-3-8-13-11-12-9-6-4-5-7-10(9)14-11;1-11(2,3)14-10-12-8-6-4-5-7-9(8)13-10;1-8(2)7-13-11-12-9-5-3-4-6-10(9)14-11;1-3-8(2)13-11-12-9-6-4-5-7-10(9)14-11;1-2-3-8-13-11-12-9-6-4-5-7-10(9)14-11;1-7(2)12-10-11-8-5-3-4-6-9(8)13-10;1-2-7-12-10-11-8-5-3-4-6-9(8)13-10;1-7(2)12-10-11-8-5-3-4-6-9(8)13-10;1-2-7-12-10-11-8-5-3-4-6-9(8)13-10;2*1-2-11-9-10-7-5-3-4-6-8(7)12-9/h4-7H,2-3,8H2,1H3;4-7H,1-3H3;3-6,8H,7H2,1-2H3;4-8H,3H2,1-2H3;4-7H,2-3,8H2,1H3;3-7H,1-2H3;3-6H,2,7H2,1H3;3-7H,1-2H3;3-6H,2,7H2,1H3;2*3-6H,2H2,1H3. The molecule has 11 aromatic heterocycles. The summed E-state index contributed by atoms with van der Waals surface area (Å²) in [6, 6.07) is 90.4. The number of nitrogens with zero attached hydrogens (tertiary/aromatic N) is 11. The predicted octanol–water partition coefficient (Wildman–Crippen LogP) is 39.9. The second kappa shape index (κ2) is 63.2. The minimum Gasteiger partial charge on any atom is -0.470 e. The number of ether oxygens (including phenoxy) is 4. The van der Waals surface area contributed by atoms with Crippen LogP contribution >= 0.6 is 207 Å². The highest BCUT2D eigenvalue weighted by molar-refractivity contribution is 8.03. The summed E-state index contributed by atoms with van der Waals surface area (Å²) >= 11 is 31.8. The highest BCUT2D eigenvalue weighted by Crippen LogP contribution is 2.41. The molecule has 22 rings (SSSR count). The Labute approximate surface area is 933 Å². The zero-order chi connectivity index (χ0) is 103. The molecular formula is C113H127N11O4S18. The first kappa shape index (κ1) is 117. The summed E-state index contributed by atoms with van der Waals surface area (Å²) in [6.45, 7) is 38.9. The lowest BCUT2D eigenvalue weighted by Gasteiger charge is -2.14. The van der Waals surface area contributed by atoms with Gasteiger partial charge in [0, 0.05) is 32.5 Å². The number of benzene rings is 11. The summed E-state index contributed by atoms with van der Waals surface area (Å²) in [5, 5.41) is 4.37. The van der Waals surface area contributed by atoms with Crippen molar-refractivity contribution in [3.05, 3.63) is 267 Å². The van der Waals surface area contributed by atoms with Gasteiger partial charge in [-0.2, -0.15) is 0 Å². The second-order valence-electron chi connectivity index (χ2n) is 34.0. The molecule has 0 aliphatic heterocycles. The van der Waals surface area contributed by atoms with E-state index in [1.807, 2.05) is 218 Å². The smallest absolute Gasteiger partial charge is 0.274 e. The molecule has 1 unspecified atom stereocenters. The average molecular weight is 2280 g/mol. The van der Waals surface area contributed by atoms with Crippen molar-refractivity contribution in [2.24, 2.45) is 5.92 Å². The van der Waals surface area contributed by atoms with E-state index in [9.17, 15) is 0 Å². The highest BCUT2D eigenvalue weighted by atomic mass is 32.2. The quantitative estimate of drug-likeness (QED) is 0.0319. The molecule has 0 radical (unpaired) electrons. The minimum absolute atomic E-state index is 0.195. The van der Waals surface area contributed by atoms with Gasteiger partial charge in [0.15, 0.2) is 30.4 Å². The summed E-state index contributed by atoms with van der Waals surface area (Å²) in [5.74, 6) is 5.34. The highest BCUT2D eigenvalue weighted by Gasteiger charge is 2.17. The van der Waals surface area contributed by atoms with Crippen molar-refractivity contribution in [3.63, 3.8) is 0 Å². The predicted molar refractivity (Wildman–Crippen MR) is 660 cm³/mol. The van der Waals surface area contributed by atoms with Crippen LogP contribution in [0.3, 0.4) is 0 Å². The van der Waals surface area contributed by atoms with Gasteiger partial charge in [-0.3, -0.25) is 0 Å². The third-order valence-electron chi connectivity index (χ3n) is 19.3. The van der Waals surface area contributed by atoms with E-state index in [1.54, 1.807) is 125 Å². The van der Waals surface area contributed by atoms with Gasteiger partial charge in [0.2, 0.25) is 0 Å². The fraction of sp³-hybridized carbons (Fsp3) is 0.319. The molecule has 0 aliphatic rings. The summed E-state index contributed by atoms with van der Waals surface area (Å²) in [5.41, 5.74) is 12.0. The van der Waals surface area contributed by atoms with Gasteiger partial charge in [0.1, 0.15) is 0 Å². The van der Waals surface area contributed by atoms with Crippen LogP contribution in [0, 0.1) is 5.92 Å². The van der Waals surface area contributed by atoms with Crippen molar-refractivity contribution in [2.45, 2.75) is 214 Å². The molecule has 0 saturated heterocycles. The van der Waals surface area contributed by atoms with Crippen molar-refractivity contribution in [1.29, 1.82) is 0 Å². The largest absolute Gasteiger partial charge is 0.470 e. The van der Waals surface area contributed by atoms with Crippen LogP contribution in [0.5, 0.6) is 20.8 Å². The fourth-order valence-electron chi connectivity index (χ4n) is 12.4. The van der Waals surface area contributed by atoms with Gasteiger partial charge in [-0.25, -0.2) is 54.8 Å². The second-order valence-corrected chi connectivity index (χ2v) is 56.2. The molecule has 22 aromatic rings. The molecule has 0 amide bonds. The molecule has 766 valence electrons. The van der Waals surface area contributed by atoms with Crippen LogP contribution in [0.4, 0.5) is 0 Å². The lowest BCUT2D eigenvalue weighted by molar-refractivity contribution is 0.242. The van der Waals surface area contributed by atoms with Gasteiger partial charge >= 0.3 is 0 Å². The zero-order valence-corrected chi connectivity index (χ0v) is 100. The molecule has 146 heavy (non-hydrogen) atoms. The third kappa shape index (κ3) is 39.9. The number of thioether (sulfide) groups is 7. The molecular weight excluding hydrogens is 2150 g/mol. The monoisotopic (exact) mass is 2280 g/mol. The number of thiazole rings is 11. The summed E-state index contributed by atoms with van der Waals surface area (Å²) in [7, 11) is 0. The van der Waals surface area contributed by atoms with Crippen LogP contribution in [-0.4, -0.2) is 119 Å². The van der Waals surface area contributed by atoms with Crippen LogP contribution in [0.15, 0.2) is 297 Å². The molecule has 33 heteroatoms. The number of fused-ring (bicyclic) bond motifs is 11. The SMILES string of the molecule is CC(C)(C)Sc1nc2ccccc2s1.CC(C)CSc1nc2ccccc2s1.CC(C)Oc1nc2ccccc2s1.CC(C)Sc1nc2ccccc2s1.CCC(C)Sc1nc2ccccc2s1.CCCCOc1nc2ccccc2s1.CCCCSc1nc2ccccc2s1.CCCOc1nc2ccccc2s1.CCCSc1nc2ccccc2s1.CCOc1nc2ccccc2s1.CCSc1nc2ccccc2s1. The molecule has 11 aromatic carbocycles. The maximum absolute atomic E-state index is 5.54. The number of hydrogen-bond acceptors (Lipinski definition) is 33. The van der Waals surface area contributed by atoms with Gasteiger partial charge in [0.25, 0.3) is 20.8 Å². The van der Waals surface area contributed by atoms with E-state index in [1.165, 1.54) is 119 Å². The lowest BCUT2D eigenvalue weighted by atomic mass is 10.3. The molecule has 0 spiro atoms. The molecule has 11 heterocycles. The van der Waals surface area contributed by atoms with Gasteiger partial charge in [-0.15, -0.1) is 79.4 Å². The van der Waals surface area contributed by atoms with Crippen LogP contribution in [0.25, 0.3) is 112 Å². The van der Waals surface area contributed by atoms with E-state index in [0.29, 0.717) is 17.1 Å². The fourth-order valence-corrected chi connectivity index (χ4v) is 31.3. The first-order valence-corrected chi connectivity index (χ1v) is 64.5. The van der Waals surface area contributed by atoms with Gasteiger partial charge in [-0.05, 0) is 198 Å². The Bertz CT molecular complexity index is 6840. The summed E-state index contributed by atoms with van der Waals surface area (Å²) in [4.78, 5) is 49.2. The number of hydrogen-bond donors (Lipinski definition) is 0. The number of rotatable bonds is 29. The topological polar surface area (TPSA) is 179 Å². The van der Waals surface area contributed by atoms with Crippen LogP contribution in [-0.2, 0) is 0 Å². The van der Waals surface area contributed by atoms with Crippen LogP contribution in [0.2, 0.25) is 0 Å². The maximum atomic E-state index is 5.54. The molecule has 0 saturated carbocycles. The molecule has 0 aliphatic carbocycles. The Morgan fingerprint density at radius 2 is 0.548 bits per heavy atom. The lowest BCUT2D eigenvalue weighted by Crippen LogP contribution is -2.06. The summed E-state index contributed by atoms with van der Waals surface area (Å²) in [6.07, 6.45) is 8.41. The Morgan fingerprint density at radius 3 is 0.849 bits per heavy atom. The molecule has 0 bridgehead atoms. The van der Waals surface area contributed by atoms with Crippen molar-refractivity contribution in [3.8, 4) is 20.8 Å². The average Bonchev–Trinajstić information content (AvgIpc) is 1.72. The number of unbranched alkanes of at least 4 members (excludes halogenated alkanes) is 2. The summed E-state index contributed by atoms with van der Waals surface area (Å²) < 4.78 is 44.1. The van der Waals surface area contributed by atoms with E-state index in [-0.39, 0.29) is 10.9 Å². The third-order valence-corrected chi connectivity index (χ3v) is 39.2.